The van der Waals surface area contributed by atoms with Crippen molar-refractivity contribution in [2.45, 2.75) is 20.3 Å². The summed E-state index contributed by atoms with van der Waals surface area (Å²) in [6.07, 6.45) is 2.43. The largest absolute Gasteiger partial charge is 0.481 e. The summed E-state index contributed by atoms with van der Waals surface area (Å²) in [6, 6.07) is 2.03. The minimum atomic E-state index is 0.669. The molecule has 0 fully saturated rings. The van der Waals surface area contributed by atoms with Gasteiger partial charge in [-0.15, -0.1) is 0 Å². The van der Waals surface area contributed by atoms with Crippen LogP contribution in [0.4, 0.5) is 0 Å². The number of H-pyrrole nitrogens is 1. The molecule has 0 amide bonds. The Morgan fingerprint density at radius 2 is 2.25 bits per heavy atom. The molecule has 1 N–H and O–H groups in total. The number of aryl methyl sites for hydroxylation is 2. The van der Waals surface area contributed by atoms with Gasteiger partial charge in [-0.25, -0.2) is 9.97 Å². The summed E-state index contributed by atoms with van der Waals surface area (Å²) in [5.41, 5.74) is 2.88. The van der Waals surface area contributed by atoms with Gasteiger partial charge in [-0.05, 0) is 19.4 Å². The molecule has 0 spiro atoms. The van der Waals surface area contributed by atoms with Crippen molar-refractivity contribution in [1.82, 2.24) is 20.2 Å². The molecule has 0 aliphatic heterocycles. The maximum absolute atomic E-state index is 5.23. The van der Waals surface area contributed by atoms with Crippen LogP contribution in [0.2, 0.25) is 0 Å². The molecule has 2 rings (SSSR count). The van der Waals surface area contributed by atoms with Gasteiger partial charge in [-0.1, -0.05) is 6.92 Å². The molecule has 0 aliphatic carbocycles. The first-order valence-electron chi connectivity index (χ1n) is 5.17. The average molecular weight is 218 g/mol. The number of hydrogen-bond acceptors (Lipinski definition) is 4. The van der Waals surface area contributed by atoms with Gasteiger partial charge in [0, 0.05) is 11.1 Å². The normalized spacial score (nSPS) is 10.4. The van der Waals surface area contributed by atoms with Crippen LogP contribution in [0.3, 0.4) is 0 Å². The smallest absolute Gasteiger partial charge is 0.216 e. The van der Waals surface area contributed by atoms with Crippen LogP contribution >= 0.6 is 0 Å². The number of methoxy groups -OCH3 is 1. The zero-order chi connectivity index (χ0) is 11.5. The van der Waals surface area contributed by atoms with E-state index in [0.29, 0.717) is 11.7 Å². The second kappa shape index (κ2) is 4.30. The van der Waals surface area contributed by atoms with E-state index >= 15 is 0 Å². The molecule has 0 aliphatic rings. The van der Waals surface area contributed by atoms with E-state index in [1.54, 1.807) is 13.4 Å². The van der Waals surface area contributed by atoms with E-state index in [1.165, 1.54) is 0 Å². The summed E-state index contributed by atoms with van der Waals surface area (Å²) >= 11 is 0. The van der Waals surface area contributed by atoms with Crippen LogP contribution in [-0.4, -0.2) is 27.3 Å². The van der Waals surface area contributed by atoms with Crippen LogP contribution in [0.1, 0.15) is 18.2 Å². The molecule has 0 saturated carbocycles. The van der Waals surface area contributed by atoms with Gasteiger partial charge in [0.2, 0.25) is 5.88 Å². The molecular formula is C11H14N4O. The lowest BCUT2D eigenvalue weighted by Gasteiger charge is -2.09. The number of rotatable bonds is 3. The third kappa shape index (κ3) is 1.76. The van der Waals surface area contributed by atoms with Crippen molar-refractivity contribution >= 4 is 0 Å². The Bertz CT molecular complexity index is 479. The molecule has 0 saturated heterocycles. The fourth-order valence-corrected chi connectivity index (χ4v) is 1.62. The molecule has 2 aromatic rings. The highest BCUT2D eigenvalue weighted by molar-refractivity contribution is 5.59. The SMILES string of the molecule is CCc1cc(-c2nc[nH]n2)c(C)nc1OC. The van der Waals surface area contributed by atoms with Gasteiger partial charge in [0.25, 0.3) is 0 Å². The van der Waals surface area contributed by atoms with E-state index in [4.69, 9.17) is 4.74 Å². The van der Waals surface area contributed by atoms with Crippen molar-refractivity contribution in [1.29, 1.82) is 0 Å². The first-order chi connectivity index (χ1) is 7.76. The molecule has 0 bridgehead atoms. The van der Waals surface area contributed by atoms with E-state index in [1.807, 2.05) is 13.0 Å². The Kier molecular flexibility index (Phi) is 2.85. The van der Waals surface area contributed by atoms with Crippen LogP contribution in [0.5, 0.6) is 5.88 Å². The fraction of sp³-hybridized carbons (Fsp3) is 0.364. The quantitative estimate of drug-likeness (QED) is 0.852. The first-order valence-corrected chi connectivity index (χ1v) is 5.17. The minimum Gasteiger partial charge on any atom is -0.481 e. The van der Waals surface area contributed by atoms with Gasteiger partial charge in [0.15, 0.2) is 5.82 Å². The summed E-state index contributed by atoms with van der Waals surface area (Å²) < 4.78 is 5.23. The highest BCUT2D eigenvalue weighted by Crippen LogP contribution is 2.25. The third-order valence-corrected chi connectivity index (χ3v) is 2.48. The Hall–Kier alpha value is -1.91. The number of nitrogens with zero attached hydrogens (tertiary/aromatic N) is 3. The Morgan fingerprint density at radius 3 is 2.81 bits per heavy atom. The van der Waals surface area contributed by atoms with Crippen LogP contribution in [0.15, 0.2) is 12.4 Å². The standard InChI is InChI=1S/C11H14N4O/c1-4-8-5-9(10-12-6-13-15-10)7(2)14-11(8)16-3/h5-6H,4H2,1-3H3,(H,12,13,15). The van der Waals surface area contributed by atoms with E-state index in [0.717, 1.165) is 23.2 Å². The number of pyridine rings is 1. The topological polar surface area (TPSA) is 63.7 Å². The predicted molar refractivity (Wildman–Crippen MR) is 60.3 cm³/mol. The highest BCUT2D eigenvalue weighted by Gasteiger charge is 2.12. The number of ether oxygens (including phenoxy) is 1. The lowest BCUT2D eigenvalue weighted by Crippen LogP contribution is -1.99. The molecule has 0 aromatic carbocycles. The summed E-state index contributed by atoms with van der Waals surface area (Å²) in [4.78, 5) is 8.53. The third-order valence-electron chi connectivity index (χ3n) is 2.48. The van der Waals surface area contributed by atoms with Gasteiger partial charge in [-0.2, -0.15) is 5.10 Å². The Balaban J connectivity index is 2.55. The van der Waals surface area contributed by atoms with Crippen molar-refractivity contribution in [2.75, 3.05) is 7.11 Å². The maximum atomic E-state index is 5.23. The van der Waals surface area contributed by atoms with Crippen molar-refractivity contribution in [3.63, 3.8) is 0 Å². The van der Waals surface area contributed by atoms with Crippen molar-refractivity contribution in [3.05, 3.63) is 23.7 Å². The molecule has 0 unspecified atom stereocenters. The molecule has 5 nitrogen and oxygen atoms in total. The molecule has 0 atom stereocenters. The van der Waals surface area contributed by atoms with Gasteiger partial charge < -0.3 is 4.74 Å². The van der Waals surface area contributed by atoms with Crippen molar-refractivity contribution < 1.29 is 4.74 Å². The molecule has 2 heterocycles. The minimum absolute atomic E-state index is 0.669. The maximum Gasteiger partial charge on any atom is 0.216 e. The molecule has 2 aromatic heterocycles. The second-order valence-corrected chi connectivity index (χ2v) is 3.47. The van der Waals surface area contributed by atoms with Crippen LogP contribution in [0.25, 0.3) is 11.4 Å². The second-order valence-electron chi connectivity index (χ2n) is 3.47. The molecule has 16 heavy (non-hydrogen) atoms. The zero-order valence-corrected chi connectivity index (χ0v) is 9.61. The number of hydrogen-bond donors (Lipinski definition) is 1. The lowest BCUT2D eigenvalue weighted by atomic mass is 10.1. The summed E-state index contributed by atoms with van der Waals surface area (Å²) in [5, 5.41) is 6.76. The summed E-state index contributed by atoms with van der Waals surface area (Å²) in [6.45, 7) is 3.99. The van der Waals surface area contributed by atoms with Gasteiger partial charge in [-0.3, -0.25) is 5.10 Å². The highest BCUT2D eigenvalue weighted by atomic mass is 16.5. The molecule has 5 heteroatoms. The lowest BCUT2D eigenvalue weighted by molar-refractivity contribution is 0.392. The van der Waals surface area contributed by atoms with Crippen molar-refractivity contribution in [2.24, 2.45) is 0 Å². The summed E-state index contributed by atoms with van der Waals surface area (Å²) in [7, 11) is 1.63. The number of aromatic amines is 1. The van der Waals surface area contributed by atoms with Crippen LogP contribution in [-0.2, 0) is 6.42 Å². The predicted octanol–water partition coefficient (Wildman–Crippen LogP) is 1.75. The summed E-state index contributed by atoms with van der Waals surface area (Å²) in [5.74, 6) is 1.35. The van der Waals surface area contributed by atoms with Gasteiger partial charge in [0.05, 0.1) is 12.8 Å². The van der Waals surface area contributed by atoms with E-state index < -0.39 is 0 Å². The molecule has 84 valence electrons. The Morgan fingerprint density at radius 1 is 1.44 bits per heavy atom. The van der Waals surface area contributed by atoms with E-state index in [-0.39, 0.29) is 0 Å². The zero-order valence-electron chi connectivity index (χ0n) is 9.61. The molecular weight excluding hydrogens is 204 g/mol. The fourth-order valence-electron chi connectivity index (χ4n) is 1.62. The number of aromatic nitrogens is 4. The van der Waals surface area contributed by atoms with Gasteiger partial charge >= 0.3 is 0 Å². The Labute approximate surface area is 93.9 Å². The first kappa shape index (κ1) is 10.6. The molecule has 0 radical (unpaired) electrons. The van der Waals surface area contributed by atoms with Gasteiger partial charge in [0.1, 0.15) is 6.33 Å². The van der Waals surface area contributed by atoms with E-state index in [2.05, 4.69) is 27.1 Å². The number of nitrogens with one attached hydrogen (secondary N) is 1. The van der Waals surface area contributed by atoms with Crippen LogP contribution in [0, 0.1) is 6.92 Å². The van der Waals surface area contributed by atoms with Crippen molar-refractivity contribution in [3.8, 4) is 17.3 Å². The van der Waals surface area contributed by atoms with Crippen LogP contribution < -0.4 is 4.74 Å². The average Bonchev–Trinajstić information content (AvgIpc) is 2.82. The van der Waals surface area contributed by atoms with E-state index in [9.17, 15) is 0 Å². The monoisotopic (exact) mass is 218 g/mol.